The minimum Gasteiger partial charge on any atom is -0.465 e. The molecule has 1 aromatic rings. The first-order valence-electron chi connectivity index (χ1n) is 4.45. The minimum absolute atomic E-state index is 0.00611. The van der Waals surface area contributed by atoms with Gasteiger partial charge in [0, 0.05) is 11.6 Å². The van der Waals surface area contributed by atoms with Crippen LogP contribution in [0.1, 0.15) is 21.5 Å². The molecular weight excluding hydrogens is 228 g/mol. The highest BCUT2D eigenvalue weighted by Crippen LogP contribution is 2.25. The molecule has 1 N–H and O–H groups in total. The lowest BCUT2D eigenvalue weighted by Gasteiger charge is -2.06. The molecule has 0 unspecified atom stereocenters. The van der Waals surface area contributed by atoms with Gasteiger partial charge in [-0.2, -0.15) is 5.26 Å². The summed E-state index contributed by atoms with van der Waals surface area (Å²) < 4.78 is 4.41. The summed E-state index contributed by atoms with van der Waals surface area (Å²) in [6.07, 6.45) is 0. The second-order valence-corrected chi connectivity index (χ2v) is 3.05. The van der Waals surface area contributed by atoms with E-state index in [4.69, 9.17) is 10.4 Å². The number of rotatable bonds is 3. The molecule has 17 heavy (non-hydrogen) atoms. The molecular formula is C10H8N2O5. The number of methoxy groups -OCH3 is 1. The van der Waals surface area contributed by atoms with Crippen molar-refractivity contribution in [3.8, 4) is 6.07 Å². The van der Waals surface area contributed by atoms with Crippen molar-refractivity contribution < 1.29 is 19.6 Å². The van der Waals surface area contributed by atoms with Gasteiger partial charge in [0.15, 0.2) is 0 Å². The predicted octanol–water partition coefficient (Wildman–Crippen LogP) is 0.745. The van der Waals surface area contributed by atoms with E-state index >= 15 is 0 Å². The van der Waals surface area contributed by atoms with Crippen LogP contribution in [0, 0.1) is 21.4 Å². The van der Waals surface area contributed by atoms with Crippen LogP contribution in [-0.4, -0.2) is 23.1 Å². The van der Waals surface area contributed by atoms with Crippen molar-refractivity contribution in [1.29, 1.82) is 5.26 Å². The first-order valence-corrected chi connectivity index (χ1v) is 4.45. The van der Waals surface area contributed by atoms with Crippen molar-refractivity contribution >= 4 is 11.7 Å². The van der Waals surface area contributed by atoms with E-state index in [1.165, 1.54) is 6.07 Å². The molecule has 0 fully saturated rings. The van der Waals surface area contributed by atoms with Crippen LogP contribution in [0.2, 0.25) is 0 Å². The number of nitro groups is 1. The number of esters is 1. The van der Waals surface area contributed by atoms with Crippen LogP contribution in [0.5, 0.6) is 0 Å². The first kappa shape index (κ1) is 12.6. The number of ether oxygens (including phenoxy) is 1. The molecule has 7 heteroatoms. The van der Waals surface area contributed by atoms with E-state index in [1.54, 1.807) is 6.07 Å². The summed E-state index contributed by atoms with van der Waals surface area (Å²) >= 11 is 0. The van der Waals surface area contributed by atoms with E-state index < -0.39 is 23.2 Å². The molecule has 0 aliphatic carbocycles. The zero-order valence-corrected chi connectivity index (χ0v) is 8.84. The van der Waals surface area contributed by atoms with E-state index in [1.807, 2.05) is 0 Å². The van der Waals surface area contributed by atoms with E-state index in [0.717, 1.165) is 13.2 Å². The summed E-state index contributed by atoms with van der Waals surface area (Å²) in [5.74, 6) is -0.926. The summed E-state index contributed by atoms with van der Waals surface area (Å²) in [6, 6.07) is 3.88. The first-order chi connectivity index (χ1) is 8.04. The topological polar surface area (TPSA) is 113 Å². The third kappa shape index (κ3) is 2.38. The van der Waals surface area contributed by atoms with Gasteiger partial charge in [0.2, 0.25) is 0 Å². The summed E-state index contributed by atoms with van der Waals surface area (Å²) in [5.41, 5.74) is -0.907. The van der Waals surface area contributed by atoms with Crippen molar-refractivity contribution in [1.82, 2.24) is 0 Å². The molecule has 0 aliphatic heterocycles. The van der Waals surface area contributed by atoms with Gasteiger partial charge in [-0.15, -0.1) is 0 Å². The van der Waals surface area contributed by atoms with E-state index in [0.29, 0.717) is 0 Å². The van der Waals surface area contributed by atoms with Crippen LogP contribution >= 0.6 is 0 Å². The van der Waals surface area contributed by atoms with Crippen molar-refractivity contribution in [2.24, 2.45) is 0 Å². The van der Waals surface area contributed by atoms with Crippen LogP contribution in [0.3, 0.4) is 0 Å². The molecule has 0 atom stereocenters. The Kier molecular flexibility index (Phi) is 3.74. The highest BCUT2D eigenvalue weighted by Gasteiger charge is 2.25. The van der Waals surface area contributed by atoms with Gasteiger partial charge in [0.05, 0.1) is 30.3 Å². The van der Waals surface area contributed by atoms with Gasteiger partial charge < -0.3 is 9.84 Å². The maximum absolute atomic E-state index is 11.4. The van der Waals surface area contributed by atoms with Gasteiger partial charge in [-0.3, -0.25) is 10.1 Å². The number of carbonyl (C=O) groups excluding carboxylic acids is 1. The summed E-state index contributed by atoms with van der Waals surface area (Å²) in [4.78, 5) is 21.4. The van der Waals surface area contributed by atoms with Gasteiger partial charge in [-0.1, -0.05) is 0 Å². The fourth-order valence-corrected chi connectivity index (χ4v) is 1.36. The van der Waals surface area contributed by atoms with Crippen LogP contribution in [-0.2, 0) is 11.3 Å². The second-order valence-electron chi connectivity index (χ2n) is 3.05. The molecule has 0 spiro atoms. The molecule has 88 valence electrons. The van der Waals surface area contributed by atoms with Gasteiger partial charge in [0.1, 0.15) is 5.56 Å². The third-order valence-electron chi connectivity index (χ3n) is 2.08. The second kappa shape index (κ2) is 5.05. The zero-order chi connectivity index (χ0) is 13.0. The maximum atomic E-state index is 11.4. The zero-order valence-electron chi connectivity index (χ0n) is 8.84. The van der Waals surface area contributed by atoms with Crippen molar-refractivity contribution in [2.75, 3.05) is 7.11 Å². The lowest BCUT2D eigenvalue weighted by molar-refractivity contribution is -0.385. The number of hydrogen-bond acceptors (Lipinski definition) is 6. The molecule has 1 aromatic carbocycles. The molecule has 7 nitrogen and oxygen atoms in total. The lowest BCUT2D eigenvalue weighted by Crippen LogP contribution is -2.10. The predicted molar refractivity (Wildman–Crippen MR) is 55.1 cm³/mol. The Bertz CT molecular complexity index is 518. The quantitative estimate of drug-likeness (QED) is 0.470. The molecule has 0 bridgehead atoms. The van der Waals surface area contributed by atoms with E-state index in [9.17, 15) is 14.9 Å². The number of carbonyl (C=O) groups is 1. The molecule has 0 aromatic heterocycles. The standard InChI is InChI=1S/C10H8N2O5/c1-17-10(14)9-7(5-13)2-6(4-11)3-8(9)12(15)16/h2-3,13H,5H2,1H3. The molecule has 0 aliphatic rings. The maximum Gasteiger partial charge on any atom is 0.345 e. The van der Waals surface area contributed by atoms with Gasteiger partial charge in [0.25, 0.3) is 5.69 Å². The monoisotopic (exact) mass is 236 g/mol. The van der Waals surface area contributed by atoms with Gasteiger partial charge in [-0.25, -0.2) is 4.79 Å². The highest BCUT2D eigenvalue weighted by atomic mass is 16.6. The largest absolute Gasteiger partial charge is 0.465 e. The van der Waals surface area contributed by atoms with Crippen molar-refractivity contribution in [3.05, 3.63) is 38.9 Å². The molecule has 0 heterocycles. The van der Waals surface area contributed by atoms with E-state index in [-0.39, 0.29) is 16.7 Å². The highest BCUT2D eigenvalue weighted by molar-refractivity contribution is 5.95. The summed E-state index contributed by atoms with van der Waals surface area (Å²) in [6.45, 7) is -0.596. The van der Waals surface area contributed by atoms with Crippen LogP contribution in [0.25, 0.3) is 0 Å². The van der Waals surface area contributed by atoms with Crippen LogP contribution in [0.4, 0.5) is 5.69 Å². The van der Waals surface area contributed by atoms with E-state index in [2.05, 4.69) is 4.74 Å². The Morgan fingerprint density at radius 1 is 1.65 bits per heavy atom. The molecule has 0 amide bonds. The molecule has 0 saturated carbocycles. The number of aliphatic hydroxyl groups is 1. The number of nitrogens with zero attached hydrogens (tertiary/aromatic N) is 2. The number of hydrogen-bond donors (Lipinski definition) is 1. The van der Waals surface area contributed by atoms with Gasteiger partial charge in [-0.05, 0) is 6.07 Å². The number of nitro benzene ring substituents is 1. The summed E-state index contributed by atoms with van der Waals surface area (Å²) in [7, 11) is 1.07. The normalized spacial score (nSPS) is 9.47. The Hall–Kier alpha value is -2.46. The fraction of sp³-hybridized carbons (Fsp3) is 0.200. The van der Waals surface area contributed by atoms with Crippen LogP contribution in [0.15, 0.2) is 12.1 Å². The van der Waals surface area contributed by atoms with Crippen molar-refractivity contribution in [2.45, 2.75) is 6.61 Å². The average Bonchev–Trinajstić information content (AvgIpc) is 2.35. The Morgan fingerprint density at radius 2 is 2.29 bits per heavy atom. The van der Waals surface area contributed by atoms with Gasteiger partial charge >= 0.3 is 5.97 Å². The third-order valence-corrected chi connectivity index (χ3v) is 2.08. The Morgan fingerprint density at radius 3 is 2.71 bits per heavy atom. The summed E-state index contributed by atoms with van der Waals surface area (Å²) in [5, 5.41) is 28.5. The van der Waals surface area contributed by atoms with Crippen LogP contribution < -0.4 is 0 Å². The SMILES string of the molecule is COC(=O)c1c(CO)cc(C#N)cc1[N+](=O)[O-]. The minimum atomic E-state index is -0.926. The Labute approximate surface area is 96.0 Å². The molecule has 1 rings (SSSR count). The van der Waals surface area contributed by atoms with Crippen molar-refractivity contribution in [3.63, 3.8) is 0 Å². The average molecular weight is 236 g/mol. The number of nitriles is 1. The lowest BCUT2D eigenvalue weighted by atomic mass is 10.0. The number of benzene rings is 1. The smallest absolute Gasteiger partial charge is 0.345 e. The Balaban J connectivity index is 3.59. The molecule has 0 saturated heterocycles. The fourth-order valence-electron chi connectivity index (χ4n) is 1.36. The molecule has 0 radical (unpaired) electrons. The number of aliphatic hydroxyl groups excluding tert-OH is 1.